The molecule has 0 atom stereocenters. The summed E-state index contributed by atoms with van der Waals surface area (Å²) < 4.78 is 0. The van der Waals surface area contributed by atoms with Gasteiger partial charge in [-0.15, -0.1) is 0 Å². The predicted molar refractivity (Wildman–Crippen MR) is 98.1 cm³/mol. The van der Waals surface area contributed by atoms with Crippen LogP contribution in [0.25, 0.3) is 0 Å². The Morgan fingerprint density at radius 1 is 1.04 bits per heavy atom. The van der Waals surface area contributed by atoms with Crippen molar-refractivity contribution in [3.63, 3.8) is 0 Å². The number of anilines is 3. The average Bonchev–Trinajstić information content (AvgIpc) is 2.64. The topological polar surface area (TPSA) is 77.8 Å². The summed E-state index contributed by atoms with van der Waals surface area (Å²) in [6.45, 7) is 0. The number of para-hydroxylation sites is 2. The average molecular weight is 349 g/mol. The van der Waals surface area contributed by atoms with E-state index in [4.69, 9.17) is 16.9 Å². The quantitative estimate of drug-likeness (QED) is 0.722. The third-order valence-electron chi connectivity index (χ3n) is 3.44. The van der Waals surface area contributed by atoms with Gasteiger partial charge in [0.15, 0.2) is 0 Å². The van der Waals surface area contributed by atoms with Crippen molar-refractivity contribution in [3.8, 4) is 6.07 Å². The number of halogens is 1. The van der Waals surface area contributed by atoms with Crippen molar-refractivity contribution in [2.45, 2.75) is 0 Å². The van der Waals surface area contributed by atoms with Crippen molar-refractivity contribution < 1.29 is 4.79 Å². The first-order chi connectivity index (χ1) is 12.2. The maximum absolute atomic E-state index is 12.4. The summed E-state index contributed by atoms with van der Waals surface area (Å²) in [5.74, 6) is -0.370. The molecule has 0 radical (unpaired) electrons. The summed E-state index contributed by atoms with van der Waals surface area (Å²) in [4.78, 5) is 16.5. The van der Waals surface area contributed by atoms with Crippen LogP contribution < -0.4 is 10.6 Å². The number of hydrogen-bond acceptors (Lipinski definition) is 4. The Hall–Kier alpha value is -3.36. The number of nitriles is 1. The third-order valence-corrected chi connectivity index (χ3v) is 3.77. The van der Waals surface area contributed by atoms with E-state index < -0.39 is 0 Å². The van der Waals surface area contributed by atoms with E-state index in [1.807, 2.05) is 6.07 Å². The Labute approximate surface area is 149 Å². The standard InChI is InChI=1S/C19H13ClN4O/c20-15-6-2-4-8-17(15)24-19(25)18-11-14(9-10-22-18)23-16-7-3-1-5-13(16)12-21/h1-11H,(H,22,23)(H,24,25). The van der Waals surface area contributed by atoms with E-state index in [0.717, 1.165) is 0 Å². The van der Waals surface area contributed by atoms with Crippen LogP contribution in [-0.4, -0.2) is 10.9 Å². The van der Waals surface area contributed by atoms with E-state index in [1.165, 1.54) is 6.20 Å². The van der Waals surface area contributed by atoms with Crippen molar-refractivity contribution in [1.29, 1.82) is 5.26 Å². The fourth-order valence-corrected chi connectivity index (χ4v) is 2.41. The molecule has 2 aromatic carbocycles. The van der Waals surface area contributed by atoms with Crippen molar-refractivity contribution in [2.75, 3.05) is 10.6 Å². The highest BCUT2D eigenvalue weighted by atomic mass is 35.5. The smallest absolute Gasteiger partial charge is 0.274 e. The second-order valence-electron chi connectivity index (χ2n) is 5.15. The number of carbonyl (C=O) groups is 1. The van der Waals surface area contributed by atoms with Crippen LogP contribution in [0.2, 0.25) is 5.02 Å². The molecule has 0 fully saturated rings. The molecule has 0 aliphatic carbocycles. The monoisotopic (exact) mass is 348 g/mol. The Balaban J connectivity index is 1.81. The summed E-state index contributed by atoms with van der Waals surface area (Å²) in [5.41, 5.74) is 2.58. The number of aromatic nitrogens is 1. The zero-order chi connectivity index (χ0) is 17.6. The second kappa shape index (κ2) is 7.47. The zero-order valence-electron chi connectivity index (χ0n) is 13.0. The highest BCUT2D eigenvalue weighted by Gasteiger charge is 2.11. The lowest BCUT2D eigenvalue weighted by atomic mass is 10.2. The number of hydrogen-bond donors (Lipinski definition) is 2. The molecule has 122 valence electrons. The van der Waals surface area contributed by atoms with Crippen LogP contribution in [-0.2, 0) is 0 Å². The number of rotatable bonds is 4. The molecule has 5 nitrogen and oxygen atoms in total. The minimum Gasteiger partial charge on any atom is -0.354 e. The normalized spacial score (nSPS) is 9.92. The molecule has 6 heteroatoms. The molecule has 0 spiro atoms. The van der Waals surface area contributed by atoms with Crippen LogP contribution in [0.4, 0.5) is 17.1 Å². The Kier molecular flexibility index (Phi) is 4.93. The molecular formula is C19H13ClN4O. The molecule has 3 aromatic rings. The number of benzene rings is 2. The molecule has 1 amide bonds. The molecule has 0 bridgehead atoms. The lowest BCUT2D eigenvalue weighted by Gasteiger charge is -2.10. The molecule has 1 aromatic heterocycles. The number of pyridine rings is 1. The lowest BCUT2D eigenvalue weighted by Crippen LogP contribution is -2.14. The maximum atomic E-state index is 12.4. The second-order valence-corrected chi connectivity index (χ2v) is 5.55. The third kappa shape index (κ3) is 3.94. The zero-order valence-corrected chi connectivity index (χ0v) is 13.8. The first kappa shape index (κ1) is 16.5. The Morgan fingerprint density at radius 2 is 1.76 bits per heavy atom. The van der Waals surface area contributed by atoms with Gasteiger partial charge in [-0.2, -0.15) is 5.26 Å². The van der Waals surface area contributed by atoms with Gasteiger partial charge >= 0.3 is 0 Å². The lowest BCUT2D eigenvalue weighted by molar-refractivity contribution is 0.102. The molecule has 0 aliphatic rings. The van der Waals surface area contributed by atoms with Crippen LogP contribution in [0.15, 0.2) is 66.9 Å². The largest absolute Gasteiger partial charge is 0.354 e. The van der Waals surface area contributed by atoms with Gasteiger partial charge in [-0.05, 0) is 36.4 Å². The summed E-state index contributed by atoms with van der Waals surface area (Å²) in [6, 6.07) is 19.6. The van der Waals surface area contributed by atoms with Crippen molar-refractivity contribution >= 4 is 34.6 Å². The fourth-order valence-electron chi connectivity index (χ4n) is 2.23. The van der Waals surface area contributed by atoms with E-state index >= 15 is 0 Å². The van der Waals surface area contributed by atoms with Gasteiger partial charge in [0, 0.05) is 11.9 Å². The van der Waals surface area contributed by atoms with Crippen molar-refractivity contribution in [2.24, 2.45) is 0 Å². The molecule has 0 saturated heterocycles. The van der Waals surface area contributed by atoms with Gasteiger partial charge in [-0.1, -0.05) is 35.9 Å². The number of carbonyl (C=O) groups excluding carboxylic acids is 1. The van der Waals surface area contributed by atoms with Gasteiger partial charge < -0.3 is 10.6 Å². The highest BCUT2D eigenvalue weighted by Crippen LogP contribution is 2.23. The van der Waals surface area contributed by atoms with E-state index in [0.29, 0.717) is 27.6 Å². The number of nitrogens with one attached hydrogen (secondary N) is 2. The van der Waals surface area contributed by atoms with Crippen molar-refractivity contribution in [3.05, 3.63) is 83.1 Å². The molecule has 3 rings (SSSR count). The first-order valence-electron chi connectivity index (χ1n) is 7.45. The maximum Gasteiger partial charge on any atom is 0.274 e. The van der Waals surface area contributed by atoms with Gasteiger partial charge in [0.1, 0.15) is 11.8 Å². The first-order valence-corrected chi connectivity index (χ1v) is 7.83. The summed E-state index contributed by atoms with van der Waals surface area (Å²) in [7, 11) is 0. The van der Waals surface area contributed by atoms with Gasteiger partial charge in [-0.25, -0.2) is 0 Å². The van der Waals surface area contributed by atoms with E-state index in [2.05, 4.69) is 21.7 Å². The minimum atomic E-state index is -0.370. The molecule has 0 saturated carbocycles. The molecule has 1 heterocycles. The highest BCUT2D eigenvalue weighted by molar-refractivity contribution is 6.33. The summed E-state index contributed by atoms with van der Waals surface area (Å²) >= 11 is 6.05. The van der Waals surface area contributed by atoms with Crippen molar-refractivity contribution in [1.82, 2.24) is 4.98 Å². The van der Waals surface area contributed by atoms with E-state index in [-0.39, 0.29) is 11.6 Å². The van der Waals surface area contributed by atoms with E-state index in [1.54, 1.807) is 54.6 Å². The predicted octanol–water partition coefficient (Wildman–Crippen LogP) is 4.60. The summed E-state index contributed by atoms with van der Waals surface area (Å²) in [6.07, 6.45) is 1.53. The fraction of sp³-hybridized carbons (Fsp3) is 0. The molecule has 0 unspecified atom stereocenters. The Bertz CT molecular complexity index is 965. The molecule has 25 heavy (non-hydrogen) atoms. The van der Waals surface area contributed by atoms with Crippen LogP contribution >= 0.6 is 11.6 Å². The van der Waals surface area contributed by atoms with Crippen LogP contribution in [0, 0.1) is 11.3 Å². The molecular weight excluding hydrogens is 336 g/mol. The Morgan fingerprint density at radius 3 is 2.52 bits per heavy atom. The van der Waals surface area contributed by atoms with Gasteiger partial charge in [0.05, 0.1) is 22.0 Å². The van der Waals surface area contributed by atoms with E-state index in [9.17, 15) is 4.79 Å². The molecule has 0 aliphatic heterocycles. The van der Waals surface area contributed by atoms with Crippen LogP contribution in [0.3, 0.4) is 0 Å². The molecule has 2 N–H and O–H groups in total. The van der Waals surface area contributed by atoms with Crippen LogP contribution in [0.1, 0.15) is 16.1 Å². The van der Waals surface area contributed by atoms with Gasteiger partial charge in [0.2, 0.25) is 0 Å². The number of amides is 1. The van der Waals surface area contributed by atoms with Gasteiger partial charge in [0.25, 0.3) is 5.91 Å². The minimum absolute atomic E-state index is 0.236. The number of nitrogens with zero attached hydrogens (tertiary/aromatic N) is 2. The van der Waals surface area contributed by atoms with Crippen LogP contribution in [0.5, 0.6) is 0 Å². The van der Waals surface area contributed by atoms with Gasteiger partial charge in [-0.3, -0.25) is 9.78 Å². The summed E-state index contributed by atoms with van der Waals surface area (Å²) in [5, 5.41) is 15.5. The SMILES string of the molecule is N#Cc1ccccc1Nc1ccnc(C(=O)Nc2ccccc2Cl)c1.